The summed E-state index contributed by atoms with van der Waals surface area (Å²) in [5.41, 5.74) is 5.66. The standard InChI is InChI=1S/C8H11Cl2NO/c1-2-7(9)3-6(5-12)8(10)4-11/h2-4,12H,5,11H2,1H3/b6-3-,7-2+,8-4+. The number of rotatable bonds is 3. The van der Waals surface area contributed by atoms with E-state index in [1.54, 1.807) is 19.1 Å². The van der Waals surface area contributed by atoms with Crippen LogP contribution in [0.25, 0.3) is 0 Å². The third kappa shape index (κ3) is 3.81. The topological polar surface area (TPSA) is 46.2 Å². The molecule has 12 heavy (non-hydrogen) atoms. The van der Waals surface area contributed by atoms with Crippen LogP contribution in [0.4, 0.5) is 0 Å². The van der Waals surface area contributed by atoms with E-state index in [1.165, 1.54) is 6.20 Å². The van der Waals surface area contributed by atoms with Crippen LogP contribution in [0.15, 0.2) is 34.0 Å². The van der Waals surface area contributed by atoms with Crippen LogP contribution in [-0.2, 0) is 0 Å². The van der Waals surface area contributed by atoms with Gasteiger partial charge in [-0.15, -0.1) is 0 Å². The molecule has 0 fully saturated rings. The third-order valence-corrected chi connectivity index (χ3v) is 1.91. The predicted octanol–water partition coefficient (Wildman–Crippen LogP) is 2.09. The van der Waals surface area contributed by atoms with E-state index in [9.17, 15) is 0 Å². The molecular weight excluding hydrogens is 197 g/mol. The lowest BCUT2D eigenvalue weighted by Crippen LogP contribution is -1.93. The van der Waals surface area contributed by atoms with Crippen molar-refractivity contribution in [2.24, 2.45) is 5.73 Å². The maximum absolute atomic E-state index is 8.84. The molecule has 0 heterocycles. The van der Waals surface area contributed by atoms with Crippen LogP contribution in [0.5, 0.6) is 0 Å². The molecule has 0 aliphatic carbocycles. The third-order valence-electron chi connectivity index (χ3n) is 1.21. The SMILES string of the molecule is C\C=C(Cl)/C=C(CO)\C(Cl)=C/N. The molecule has 0 aliphatic heterocycles. The van der Waals surface area contributed by atoms with E-state index < -0.39 is 0 Å². The van der Waals surface area contributed by atoms with Crippen molar-refractivity contribution in [3.63, 3.8) is 0 Å². The zero-order chi connectivity index (χ0) is 9.56. The van der Waals surface area contributed by atoms with Crippen LogP contribution in [0.1, 0.15) is 6.92 Å². The molecule has 0 amide bonds. The van der Waals surface area contributed by atoms with Gasteiger partial charge in [0.25, 0.3) is 0 Å². The van der Waals surface area contributed by atoms with Crippen molar-refractivity contribution < 1.29 is 5.11 Å². The molecule has 3 N–H and O–H groups in total. The van der Waals surface area contributed by atoms with Crippen molar-refractivity contribution in [3.05, 3.63) is 34.0 Å². The minimum atomic E-state index is -0.184. The van der Waals surface area contributed by atoms with Crippen LogP contribution >= 0.6 is 23.2 Å². The van der Waals surface area contributed by atoms with E-state index in [1.807, 2.05) is 0 Å². The molecule has 0 aromatic heterocycles. The van der Waals surface area contributed by atoms with E-state index in [0.29, 0.717) is 15.6 Å². The molecule has 0 radical (unpaired) electrons. The highest BCUT2D eigenvalue weighted by molar-refractivity contribution is 6.33. The molecule has 0 atom stereocenters. The van der Waals surface area contributed by atoms with Crippen molar-refractivity contribution in [1.29, 1.82) is 0 Å². The van der Waals surface area contributed by atoms with Gasteiger partial charge in [-0.05, 0) is 18.6 Å². The molecule has 4 heteroatoms. The summed E-state index contributed by atoms with van der Waals surface area (Å²) >= 11 is 11.3. The van der Waals surface area contributed by atoms with Crippen LogP contribution in [0.2, 0.25) is 0 Å². The Bertz CT molecular complexity index is 231. The van der Waals surface area contributed by atoms with Gasteiger partial charge < -0.3 is 10.8 Å². The fourth-order valence-corrected chi connectivity index (χ4v) is 0.793. The fourth-order valence-electron chi connectivity index (χ4n) is 0.547. The molecule has 0 aromatic rings. The highest BCUT2D eigenvalue weighted by atomic mass is 35.5. The van der Waals surface area contributed by atoms with E-state index >= 15 is 0 Å². The molecule has 0 saturated heterocycles. The number of allylic oxidation sites excluding steroid dienone is 3. The number of aliphatic hydroxyl groups excluding tert-OH is 1. The van der Waals surface area contributed by atoms with Gasteiger partial charge in [0.15, 0.2) is 0 Å². The minimum absolute atomic E-state index is 0.184. The van der Waals surface area contributed by atoms with Crippen molar-refractivity contribution in [3.8, 4) is 0 Å². The predicted molar refractivity (Wildman–Crippen MR) is 52.9 cm³/mol. The van der Waals surface area contributed by atoms with E-state index in [2.05, 4.69) is 0 Å². The summed E-state index contributed by atoms with van der Waals surface area (Å²) < 4.78 is 0. The van der Waals surface area contributed by atoms with Gasteiger partial charge in [-0.1, -0.05) is 29.3 Å². The van der Waals surface area contributed by atoms with Gasteiger partial charge in [-0.2, -0.15) is 0 Å². The molecule has 68 valence electrons. The maximum Gasteiger partial charge on any atom is 0.0697 e. The molecule has 0 rings (SSSR count). The van der Waals surface area contributed by atoms with Gasteiger partial charge in [0.1, 0.15) is 0 Å². The average Bonchev–Trinajstić information content (AvgIpc) is 2.12. The molecule has 0 aromatic carbocycles. The average molecular weight is 208 g/mol. The number of aliphatic hydroxyl groups is 1. The van der Waals surface area contributed by atoms with Crippen LogP contribution in [0.3, 0.4) is 0 Å². The van der Waals surface area contributed by atoms with E-state index in [4.69, 9.17) is 34.0 Å². The normalized spacial score (nSPS) is 15.2. The second-order valence-electron chi connectivity index (χ2n) is 2.02. The Morgan fingerprint density at radius 1 is 1.50 bits per heavy atom. The van der Waals surface area contributed by atoms with Crippen molar-refractivity contribution in [2.75, 3.05) is 6.61 Å². The highest BCUT2D eigenvalue weighted by Gasteiger charge is 1.99. The Labute approximate surface area is 82.0 Å². The second-order valence-corrected chi connectivity index (χ2v) is 2.86. The number of nitrogens with two attached hydrogens (primary N) is 1. The fraction of sp³-hybridized carbons (Fsp3) is 0.250. The lowest BCUT2D eigenvalue weighted by Gasteiger charge is -2.00. The summed E-state index contributed by atoms with van der Waals surface area (Å²) in [6.45, 7) is 1.60. The van der Waals surface area contributed by atoms with Gasteiger partial charge >= 0.3 is 0 Å². The highest BCUT2D eigenvalue weighted by Crippen LogP contribution is 2.16. The smallest absolute Gasteiger partial charge is 0.0697 e. The second kappa shape index (κ2) is 6.12. The van der Waals surface area contributed by atoms with Gasteiger partial charge in [0.05, 0.1) is 11.6 Å². The largest absolute Gasteiger partial charge is 0.403 e. The lowest BCUT2D eigenvalue weighted by atomic mass is 10.2. The maximum atomic E-state index is 8.84. The number of halogens is 2. The van der Waals surface area contributed by atoms with Crippen molar-refractivity contribution in [2.45, 2.75) is 6.92 Å². The Morgan fingerprint density at radius 3 is 2.42 bits per heavy atom. The molecule has 2 nitrogen and oxygen atoms in total. The lowest BCUT2D eigenvalue weighted by molar-refractivity contribution is 0.334. The first-order valence-corrected chi connectivity index (χ1v) is 4.12. The van der Waals surface area contributed by atoms with Gasteiger partial charge in [0, 0.05) is 11.2 Å². The van der Waals surface area contributed by atoms with Crippen molar-refractivity contribution in [1.82, 2.24) is 0 Å². The Balaban J connectivity index is 4.67. The molecule has 0 spiro atoms. The van der Waals surface area contributed by atoms with Crippen LogP contribution in [-0.4, -0.2) is 11.7 Å². The van der Waals surface area contributed by atoms with Crippen molar-refractivity contribution >= 4 is 23.2 Å². The van der Waals surface area contributed by atoms with E-state index in [-0.39, 0.29) is 6.61 Å². The minimum Gasteiger partial charge on any atom is -0.403 e. The van der Waals surface area contributed by atoms with Crippen LogP contribution in [0, 0.1) is 0 Å². The zero-order valence-electron chi connectivity index (χ0n) is 6.72. The summed E-state index contributed by atoms with van der Waals surface area (Å²) in [6.07, 6.45) is 4.47. The van der Waals surface area contributed by atoms with Gasteiger partial charge in [-0.25, -0.2) is 0 Å². The summed E-state index contributed by atoms with van der Waals surface area (Å²) in [5, 5.41) is 9.65. The molecule has 0 saturated carbocycles. The first kappa shape index (κ1) is 11.6. The molecular formula is C8H11Cl2NO. The summed E-state index contributed by atoms with van der Waals surface area (Å²) in [5.74, 6) is 0. The molecule has 0 unspecified atom stereocenters. The number of hydrogen-bond donors (Lipinski definition) is 2. The monoisotopic (exact) mass is 207 g/mol. The summed E-state index contributed by atoms with van der Waals surface area (Å²) in [7, 11) is 0. The van der Waals surface area contributed by atoms with E-state index in [0.717, 1.165) is 0 Å². The first-order valence-electron chi connectivity index (χ1n) is 3.36. The Morgan fingerprint density at radius 2 is 2.08 bits per heavy atom. The Hall–Kier alpha value is -0.440. The number of hydrogen-bond acceptors (Lipinski definition) is 2. The summed E-state index contributed by atoms with van der Waals surface area (Å²) in [6, 6.07) is 0. The zero-order valence-corrected chi connectivity index (χ0v) is 8.23. The summed E-state index contributed by atoms with van der Waals surface area (Å²) in [4.78, 5) is 0. The van der Waals surface area contributed by atoms with Crippen LogP contribution < -0.4 is 5.73 Å². The van der Waals surface area contributed by atoms with Gasteiger partial charge in [-0.3, -0.25) is 0 Å². The quantitative estimate of drug-likeness (QED) is 0.697. The molecule has 0 bridgehead atoms. The Kier molecular flexibility index (Phi) is 5.89. The molecule has 0 aliphatic rings. The van der Waals surface area contributed by atoms with Gasteiger partial charge in [0.2, 0.25) is 0 Å². The first-order chi connectivity index (χ1) is 5.65.